The third kappa shape index (κ3) is 30.8. The number of hydrogen-bond acceptors (Lipinski definition) is 8. The van der Waals surface area contributed by atoms with Gasteiger partial charge in [0, 0.05) is 19.4 Å². The van der Waals surface area contributed by atoms with Crippen molar-refractivity contribution in [1.82, 2.24) is 0 Å². The molecule has 0 spiro atoms. The van der Waals surface area contributed by atoms with Crippen molar-refractivity contribution in [1.29, 1.82) is 0 Å². The van der Waals surface area contributed by atoms with Crippen LogP contribution in [0, 0.1) is 0 Å². The molecule has 0 aliphatic carbocycles. The molecule has 10 heteroatoms. The van der Waals surface area contributed by atoms with Gasteiger partial charge in [-0.05, 0) is 12.8 Å². The average Bonchev–Trinajstić information content (AvgIpc) is 2.99. The maximum absolute atomic E-state index is 12.4. The van der Waals surface area contributed by atoms with E-state index >= 15 is 0 Å². The van der Waals surface area contributed by atoms with E-state index in [1.54, 1.807) is 0 Å². The zero-order chi connectivity index (χ0) is 31.9. The van der Waals surface area contributed by atoms with Gasteiger partial charge < -0.3 is 20.1 Å². The summed E-state index contributed by atoms with van der Waals surface area (Å²) in [6.07, 6.45) is 25.6. The standard InChI is InChI=1S/C33H66NO8P/c1-3-5-7-9-11-13-15-17-19-21-23-25-32(35)39-29-31(30-41-43(37,38)40-28-27-34)42-33(36)26-24-22-20-18-16-14-12-10-8-6-4-2/h31H,3-30,34H2,1-2H3,(H,37,38)/t31-/m1/s1. The van der Waals surface area contributed by atoms with E-state index in [9.17, 15) is 19.0 Å². The Morgan fingerprint density at radius 3 is 1.42 bits per heavy atom. The van der Waals surface area contributed by atoms with Crippen molar-refractivity contribution >= 4 is 19.8 Å². The van der Waals surface area contributed by atoms with E-state index in [-0.39, 0.29) is 38.6 Å². The van der Waals surface area contributed by atoms with Crippen LogP contribution in [-0.2, 0) is 32.7 Å². The van der Waals surface area contributed by atoms with E-state index in [2.05, 4.69) is 13.8 Å². The molecule has 1 unspecified atom stereocenters. The molecule has 0 aromatic rings. The molecule has 0 aliphatic rings. The number of hydrogen-bond donors (Lipinski definition) is 2. The van der Waals surface area contributed by atoms with E-state index in [0.717, 1.165) is 32.1 Å². The zero-order valence-corrected chi connectivity index (χ0v) is 28.6. The van der Waals surface area contributed by atoms with E-state index in [1.807, 2.05) is 0 Å². The highest BCUT2D eigenvalue weighted by Gasteiger charge is 2.25. The monoisotopic (exact) mass is 635 g/mol. The molecule has 2 atom stereocenters. The van der Waals surface area contributed by atoms with Crippen LogP contribution in [0.4, 0.5) is 0 Å². The smallest absolute Gasteiger partial charge is 0.462 e. The van der Waals surface area contributed by atoms with Crippen LogP contribution in [0.15, 0.2) is 0 Å². The van der Waals surface area contributed by atoms with E-state index in [1.165, 1.54) is 103 Å². The van der Waals surface area contributed by atoms with Crippen molar-refractivity contribution < 1.29 is 37.6 Å². The molecule has 0 aromatic carbocycles. The summed E-state index contributed by atoms with van der Waals surface area (Å²) in [5.41, 5.74) is 5.31. The molecule has 0 saturated carbocycles. The number of rotatable bonds is 33. The van der Waals surface area contributed by atoms with Crippen molar-refractivity contribution in [2.45, 2.75) is 174 Å². The first-order valence-electron chi connectivity index (χ1n) is 17.5. The Bertz CT molecular complexity index is 694. The second-order valence-corrected chi connectivity index (χ2v) is 13.2. The lowest BCUT2D eigenvalue weighted by Gasteiger charge is -2.19. The minimum atomic E-state index is -4.35. The molecule has 0 fully saturated rings. The third-order valence-electron chi connectivity index (χ3n) is 7.49. The Hall–Kier alpha value is -0.990. The number of nitrogens with two attached hydrogens (primary N) is 1. The fourth-order valence-corrected chi connectivity index (χ4v) is 5.63. The summed E-state index contributed by atoms with van der Waals surface area (Å²) in [7, 11) is -4.35. The Morgan fingerprint density at radius 1 is 0.605 bits per heavy atom. The van der Waals surface area contributed by atoms with Gasteiger partial charge >= 0.3 is 19.8 Å². The summed E-state index contributed by atoms with van der Waals surface area (Å²) >= 11 is 0. The predicted molar refractivity (Wildman–Crippen MR) is 174 cm³/mol. The number of esters is 2. The molecular weight excluding hydrogens is 569 g/mol. The summed E-state index contributed by atoms with van der Waals surface area (Å²) in [6, 6.07) is 0. The molecule has 0 amide bonds. The highest BCUT2D eigenvalue weighted by Crippen LogP contribution is 2.43. The van der Waals surface area contributed by atoms with Crippen LogP contribution in [0.5, 0.6) is 0 Å². The molecule has 0 aromatic heterocycles. The largest absolute Gasteiger partial charge is 0.472 e. The molecule has 0 aliphatic heterocycles. The van der Waals surface area contributed by atoms with Gasteiger partial charge in [-0.1, -0.05) is 142 Å². The lowest BCUT2D eigenvalue weighted by molar-refractivity contribution is -0.161. The lowest BCUT2D eigenvalue weighted by Crippen LogP contribution is -2.29. The van der Waals surface area contributed by atoms with Crippen LogP contribution in [0.1, 0.15) is 168 Å². The number of phosphoric ester groups is 1. The highest BCUT2D eigenvalue weighted by atomic mass is 31.2. The Morgan fingerprint density at radius 2 is 1.00 bits per heavy atom. The van der Waals surface area contributed by atoms with Gasteiger partial charge in [0.25, 0.3) is 0 Å². The minimum Gasteiger partial charge on any atom is -0.462 e. The normalized spacial score (nSPS) is 13.5. The zero-order valence-electron chi connectivity index (χ0n) is 27.7. The van der Waals surface area contributed by atoms with Gasteiger partial charge in [0.05, 0.1) is 13.2 Å². The first kappa shape index (κ1) is 42.0. The summed E-state index contributed by atoms with van der Waals surface area (Å²) < 4.78 is 32.5. The third-order valence-corrected chi connectivity index (χ3v) is 8.48. The maximum atomic E-state index is 12.4. The van der Waals surface area contributed by atoms with Crippen molar-refractivity contribution in [2.24, 2.45) is 5.73 Å². The quantitative estimate of drug-likeness (QED) is 0.0411. The fourth-order valence-electron chi connectivity index (χ4n) is 4.87. The molecule has 0 radical (unpaired) electrons. The van der Waals surface area contributed by atoms with Crippen LogP contribution >= 0.6 is 7.82 Å². The van der Waals surface area contributed by atoms with Crippen LogP contribution in [0.3, 0.4) is 0 Å². The molecule has 9 nitrogen and oxygen atoms in total. The maximum Gasteiger partial charge on any atom is 0.472 e. The Balaban J connectivity index is 4.25. The first-order valence-corrected chi connectivity index (χ1v) is 19.0. The minimum absolute atomic E-state index is 0.0575. The predicted octanol–water partition coefficient (Wildman–Crippen LogP) is 8.94. The van der Waals surface area contributed by atoms with Gasteiger partial charge in [0.2, 0.25) is 0 Å². The summed E-state index contributed by atoms with van der Waals surface area (Å²) in [6.45, 7) is 3.71. The molecule has 43 heavy (non-hydrogen) atoms. The van der Waals surface area contributed by atoms with Crippen molar-refractivity contribution in [3.05, 3.63) is 0 Å². The van der Waals surface area contributed by atoms with Crippen LogP contribution in [-0.4, -0.2) is 49.3 Å². The van der Waals surface area contributed by atoms with Crippen molar-refractivity contribution in [2.75, 3.05) is 26.4 Å². The average molecular weight is 636 g/mol. The van der Waals surface area contributed by atoms with E-state index in [0.29, 0.717) is 6.42 Å². The van der Waals surface area contributed by atoms with Gasteiger partial charge in [-0.25, -0.2) is 4.57 Å². The molecule has 0 saturated heterocycles. The highest BCUT2D eigenvalue weighted by molar-refractivity contribution is 7.47. The number of unbranched alkanes of at least 4 members (excludes halogenated alkanes) is 20. The molecular formula is C33H66NO8P. The number of phosphoric acid groups is 1. The summed E-state index contributed by atoms with van der Waals surface area (Å²) in [5, 5.41) is 0. The fraction of sp³-hybridized carbons (Fsp3) is 0.939. The lowest BCUT2D eigenvalue weighted by atomic mass is 10.1. The van der Waals surface area contributed by atoms with Crippen molar-refractivity contribution in [3.8, 4) is 0 Å². The van der Waals surface area contributed by atoms with Gasteiger partial charge in [-0.2, -0.15) is 0 Å². The molecule has 256 valence electrons. The SMILES string of the molecule is CCCCCCCCCCCCCC(=O)OC[C@H](COP(=O)(O)OCCN)OC(=O)CCCCCCCCCCCCC. The molecule has 0 heterocycles. The van der Waals surface area contributed by atoms with E-state index < -0.39 is 26.5 Å². The Kier molecular flexibility index (Phi) is 30.3. The van der Waals surface area contributed by atoms with Gasteiger partial charge in [-0.3, -0.25) is 18.6 Å². The molecule has 0 bridgehead atoms. The van der Waals surface area contributed by atoms with Crippen LogP contribution in [0.2, 0.25) is 0 Å². The number of carbonyl (C=O) groups is 2. The number of carbonyl (C=O) groups excluding carboxylic acids is 2. The van der Waals surface area contributed by atoms with Gasteiger partial charge in [0.15, 0.2) is 6.10 Å². The Labute approximate surface area is 263 Å². The van der Waals surface area contributed by atoms with Gasteiger partial charge in [0.1, 0.15) is 6.61 Å². The van der Waals surface area contributed by atoms with E-state index in [4.69, 9.17) is 24.3 Å². The van der Waals surface area contributed by atoms with Crippen LogP contribution in [0.25, 0.3) is 0 Å². The molecule has 3 N–H and O–H groups in total. The van der Waals surface area contributed by atoms with Gasteiger partial charge in [-0.15, -0.1) is 0 Å². The first-order chi connectivity index (χ1) is 20.8. The topological polar surface area (TPSA) is 134 Å². The summed E-state index contributed by atoms with van der Waals surface area (Å²) in [4.78, 5) is 34.5. The van der Waals surface area contributed by atoms with Crippen LogP contribution < -0.4 is 5.73 Å². The summed E-state index contributed by atoms with van der Waals surface area (Å²) in [5.74, 6) is -0.824. The second-order valence-electron chi connectivity index (χ2n) is 11.8. The number of ether oxygens (including phenoxy) is 2. The molecule has 0 rings (SSSR count). The van der Waals surface area contributed by atoms with Crippen molar-refractivity contribution in [3.63, 3.8) is 0 Å². The second kappa shape index (κ2) is 31.0.